The Kier molecular flexibility index (Phi) is 8.12. The van der Waals surface area contributed by atoms with E-state index in [1.165, 1.54) is 24.3 Å². The lowest BCUT2D eigenvalue weighted by Crippen LogP contribution is -2.46. The zero-order valence-corrected chi connectivity index (χ0v) is 20.4. The number of nitrogens with one attached hydrogen (secondary N) is 1. The Morgan fingerprint density at radius 2 is 1.70 bits per heavy atom. The van der Waals surface area contributed by atoms with Crippen molar-refractivity contribution < 1.29 is 37.3 Å². The zero-order valence-electron chi connectivity index (χ0n) is 19.7. The van der Waals surface area contributed by atoms with Crippen LogP contribution in [0.4, 0.5) is 13.2 Å². The highest BCUT2D eigenvalue weighted by molar-refractivity contribution is 6.31. The molecule has 0 aromatic heterocycles. The number of amides is 1. The highest BCUT2D eigenvalue weighted by atomic mass is 35.5. The molecule has 1 fully saturated rings. The first-order valence-electron chi connectivity index (χ1n) is 11.8. The van der Waals surface area contributed by atoms with Gasteiger partial charge in [0, 0.05) is 10.4 Å². The first kappa shape index (κ1) is 26.6. The van der Waals surface area contributed by atoms with Gasteiger partial charge in [0.2, 0.25) is 0 Å². The van der Waals surface area contributed by atoms with Gasteiger partial charge in [-0.1, -0.05) is 55.1 Å². The molecule has 0 radical (unpaired) electrons. The number of hydrogen-bond acceptors (Lipinski definition) is 4. The largest absolute Gasteiger partial charge is 0.573 e. The summed E-state index contributed by atoms with van der Waals surface area (Å²) in [7, 11) is 0. The molecule has 0 saturated heterocycles. The van der Waals surface area contributed by atoms with Crippen LogP contribution in [0.25, 0.3) is 10.8 Å². The lowest BCUT2D eigenvalue weighted by molar-refractivity contribution is -0.274. The molecule has 1 saturated carbocycles. The van der Waals surface area contributed by atoms with Crippen LogP contribution in [0.2, 0.25) is 5.02 Å². The van der Waals surface area contributed by atoms with Crippen molar-refractivity contribution in [2.24, 2.45) is 5.92 Å². The molecule has 1 atom stereocenters. The molecule has 6 nitrogen and oxygen atoms in total. The Hall–Kier alpha value is -3.46. The number of halogens is 4. The van der Waals surface area contributed by atoms with E-state index >= 15 is 0 Å². The van der Waals surface area contributed by atoms with Gasteiger partial charge in [0.15, 0.2) is 0 Å². The number of carbonyl (C=O) groups is 2. The van der Waals surface area contributed by atoms with Gasteiger partial charge in [-0.2, -0.15) is 0 Å². The average Bonchev–Trinajstić information content (AvgIpc) is 2.86. The number of carboxylic acid groups (broad SMARTS) is 1. The average molecular weight is 536 g/mol. The minimum Gasteiger partial charge on any atom is -0.487 e. The van der Waals surface area contributed by atoms with Crippen molar-refractivity contribution in [2.75, 3.05) is 0 Å². The first-order chi connectivity index (χ1) is 17.6. The van der Waals surface area contributed by atoms with Crippen molar-refractivity contribution in [3.8, 4) is 11.5 Å². The maximum absolute atomic E-state index is 13.3. The number of carbonyl (C=O) groups excluding carboxylic acids is 1. The van der Waals surface area contributed by atoms with Crippen LogP contribution in [-0.4, -0.2) is 29.4 Å². The molecule has 4 rings (SSSR count). The second kappa shape index (κ2) is 11.3. The third kappa shape index (κ3) is 6.85. The van der Waals surface area contributed by atoms with Crippen molar-refractivity contribution in [3.05, 3.63) is 70.7 Å². The number of fused-ring (bicyclic) bond motifs is 1. The number of hydrogen-bond donors (Lipinski definition) is 2. The predicted octanol–water partition coefficient (Wildman–Crippen LogP) is 6.73. The molecule has 3 aromatic rings. The van der Waals surface area contributed by atoms with E-state index in [4.69, 9.17) is 16.3 Å². The van der Waals surface area contributed by atoms with Crippen LogP contribution in [0.5, 0.6) is 11.5 Å². The third-order valence-electron chi connectivity index (χ3n) is 6.39. The Morgan fingerprint density at radius 1 is 1.03 bits per heavy atom. The smallest absolute Gasteiger partial charge is 0.487 e. The van der Waals surface area contributed by atoms with E-state index in [1.54, 1.807) is 30.3 Å². The Bertz CT molecular complexity index is 1270. The third-order valence-corrected chi connectivity index (χ3v) is 6.63. The SMILES string of the molecule is O=C(NC(C(=O)O)C1CCCCC1)c1ccc2ccc(Cl)cc2c1OCc1ccc(OC(F)(F)F)cc1. The van der Waals surface area contributed by atoms with E-state index in [9.17, 15) is 27.9 Å². The maximum atomic E-state index is 13.3. The molecule has 1 unspecified atom stereocenters. The molecule has 3 aromatic carbocycles. The molecular formula is C27H25ClF3NO5. The summed E-state index contributed by atoms with van der Waals surface area (Å²) in [5.74, 6) is -2.01. The second-order valence-electron chi connectivity index (χ2n) is 8.98. The van der Waals surface area contributed by atoms with Crippen molar-refractivity contribution in [1.29, 1.82) is 0 Å². The zero-order chi connectivity index (χ0) is 26.6. The molecular weight excluding hydrogens is 511 g/mol. The number of ether oxygens (including phenoxy) is 2. The summed E-state index contributed by atoms with van der Waals surface area (Å²) < 4.78 is 47.2. The van der Waals surface area contributed by atoms with E-state index in [2.05, 4.69) is 10.1 Å². The lowest BCUT2D eigenvalue weighted by atomic mass is 9.83. The summed E-state index contributed by atoms with van der Waals surface area (Å²) >= 11 is 6.20. The van der Waals surface area contributed by atoms with E-state index in [0.717, 1.165) is 37.5 Å². The van der Waals surface area contributed by atoms with Gasteiger partial charge in [0.1, 0.15) is 24.1 Å². The molecule has 0 heterocycles. The van der Waals surface area contributed by atoms with Gasteiger partial charge in [-0.15, -0.1) is 13.2 Å². The van der Waals surface area contributed by atoms with Crippen LogP contribution < -0.4 is 14.8 Å². The minimum absolute atomic E-state index is 0.0663. The van der Waals surface area contributed by atoms with E-state index in [1.807, 2.05) is 0 Å². The maximum Gasteiger partial charge on any atom is 0.573 e. The first-order valence-corrected chi connectivity index (χ1v) is 12.2. The molecule has 0 spiro atoms. The van der Waals surface area contributed by atoms with Crippen LogP contribution in [0.1, 0.15) is 48.0 Å². The van der Waals surface area contributed by atoms with Crippen LogP contribution in [-0.2, 0) is 11.4 Å². The van der Waals surface area contributed by atoms with Crippen LogP contribution >= 0.6 is 11.6 Å². The van der Waals surface area contributed by atoms with Gasteiger partial charge in [0.05, 0.1) is 5.56 Å². The Labute approximate surface area is 216 Å². The van der Waals surface area contributed by atoms with E-state index in [0.29, 0.717) is 16.0 Å². The number of aliphatic carboxylic acids is 1. The lowest BCUT2D eigenvalue weighted by Gasteiger charge is -2.28. The number of benzene rings is 3. The van der Waals surface area contributed by atoms with Gasteiger partial charge >= 0.3 is 12.3 Å². The molecule has 1 aliphatic rings. The highest BCUT2D eigenvalue weighted by Crippen LogP contribution is 2.34. The minimum atomic E-state index is -4.80. The number of rotatable bonds is 8. The summed E-state index contributed by atoms with van der Waals surface area (Å²) in [4.78, 5) is 25.3. The Morgan fingerprint density at radius 3 is 2.35 bits per heavy atom. The molecule has 37 heavy (non-hydrogen) atoms. The standard InChI is InChI=1S/C27H25ClF3NO5/c28-19-10-8-17-9-13-21(25(33)32-23(26(34)35)18-4-2-1-3-5-18)24(22(17)14-19)36-15-16-6-11-20(12-7-16)37-27(29,30)31/h6-14,18,23H,1-5,15H2,(H,32,33)(H,34,35). The van der Waals surface area contributed by atoms with Crippen molar-refractivity contribution in [3.63, 3.8) is 0 Å². The molecule has 196 valence electrons. The summed E-state index contributed by atoms with van der Waals surface area (Å²) in [5.41, 5.74) is 0.666. The predicted molar refractivity (Wildman–Crippen MR) is 132 cm³/mol. The molecule has 1 aliphatic carbocycles. The van der Waals surface area contributed by atoms with Crippen LogP contribution in [0.15, 0.2) is 54.6 Å². The number of alkyl halides is 3. The monoisotopic (exact) mass is 535 g/mol. The summed E-state index contributed by atoms with van der Waals surface area (Å²) in [5, 5.41) is 14.2. The van der Waals surface area contributed by atoms with Gasteiger partial charge in [0.25, 0.3) is 5.91 Å². The van der Waals surface area contributed by atoms with Gasteiger partial charge in [-0.3, -0.25) is 4.79 Å². The van der Waals surface area contributed by atoms with E-state index < -0.39 is 24.3 Å². The highest BCUT2D eigenvalue weighted by Gasteiger charge is 2.32. The topological polar surface area (TPSA) is 84.9 Å². The molecule has 10 heteroatoms. The normalized spacial score (nSPS) is 15.2. The van der Waals surface area contributed by atoms with Crippen molar-refractivity contribution in [1.82, 2.24) is 5.32 Å². The van der Waals surface area contributed by atoms with Gasteiger partial charge < -0.3 is 19.9 Å². The molecule has 2 N–H and O–H groups in total. The molecule has 0 aliphatic heterocycles. The molecule has 0 bridgehead atoms. The van der Waals surface area contributed by atoms with Crippen molar-refractivity contribution in [2.45, 2.75) is 51.1 Å². The fourth-order valence-corrected chi connectivity index (χ4v) is 4.78. The van der Waals surface area contributed by atoms with Gasteiger partial charge in [-0.25, -0.2) is 4.79 Å². The van der Waals surface area contributed by atoms with Gasteiger partial charge in [-0.05, 0) is 60.0 Å². The molecule has 1 amide bonds. The van der Waals surface area contributed by atoms with Crippen LogP contribution in [0.3, 0.4) is 0 Å². The second-order valence-corrected chi connectivity index (χ2v) is 9.41. The quantitative estimate of drug-likeness (QED) is 0.334. The fraction of sp³-hybridized carbons (Fsp3) is 0.333. The summed E-state index contributed by atoms with van der Waals surface area (Å²) in [6.07, 6.45) is -0.471. The summed E-state index contributed by atoms with van der Waals surface area (Å²) in [6.45, 7) is -0.0663. The fourth-order valence-electron chi connectivity index (χ4n) is 4.61. The van der Waals surface area contributed by atoms with Crippen molar-refractivity contribution >= 4 is 34.2 Å². The van der Waals surface area contributed by atoms with E-state index in [-0.39, 0.29) is 29.6 Å². The van der Waals surface area contributed by atoms with Crippen LogP contribution in [0, 0.1) is 5.92 Å². The Balaban J connectivity index is 1.60. The number of carboxylic acids is 1. The summed E-state index contributed by atoms with van der Waals surface area (Å²) in [6, 6.07) is 12.5.